The van der Waals surface area contributed by atoms with Gasteiger partial charge in [-0.25, -0.2) is 0 Å². The van der Waals surface area contributed by atoms with E-state index in [4.69, 9.17) is 26.1 Å². The van der Waals surface area contributed by atoms with Gasteiger partial charge in [0.25, 0.3) is 0 Å². The maximum absolute atomic E-state index is 4.96. The van der Waals surface area contributed by atoms with Crippen LogP contribution in [0.15, 0.2) is 0 Å². The van der Waals surface area contributed by atoms with Crippen LogP contribution >= 0.6 is 0 Å². The summed E-state index contributed by atoms with van der Waals surface area (Å²) in [6.07, 6.45) is -0.244. The molecule has 0 amide bonds. The van der Waals surface area contributed by atoms with Crippen molar-refractivity contribution in [2.24, 2.45) is 0 Å². The van der Waals surface area contributed by atoms with Crippen molar-refractivity contribution in [2.45, 2.75) is 59.9 Å². The number of rotatable bonds is 9. The standard InChI is InChI=1S/3C3H8O2.V/c3*1-3(2)5-4;/h3*3-4H,1-2H3;/q;;;+3/p-3. The first-order valence-electron chi connectivity index (χ1n) is 5.22. The second kappa shape index (κ2) is 9.38. The van der Waals surface area contributed by atoms with Gasteiger partial charge in [0.2, 0.25) is 0 Å². The van der Waals surface area contributed by atoms with Gasteiger partial charge in [0.05, 0.1) is 0 Å². The number of hydrogen-bond acceptors (Lipinski definition) is 6. The molecule has 0 saturated carbocycles. The summed E-state index contributed by atoms with van der Waals surface area (Å²) in [5.41, 5.74) is 0. The molecule has 0 N–H and O–H groups in total. The van der Waals surface area contributed by atoms with E-state index in [0.29, 0.717) is 0 Å². The topological polar surface area (TPSA) is 55.4 Å². The Morgan fingerprint density at radius 3 is 1.00 bits per heavy atom. The Morgan fingerprint density at radius 2 is 0.812 bits per heavy atom. The Balaban J connectivity index is 3.85. The van der Waals surface area contributed by atoms with Crippen molar-refractivity contribution in [3.8, 4) is 0 Å². The molecule has 98 valence electrons. The second-order valence-electron chi connectivity index (χ2n) is 3.88. The minimum atomic E-state index is -2.64. The molecule has 0 rings (SSSR count). The average Bonchev–Trinajstić information content (AvgIpc) is 2.15. The van der Waals surface area contributed by atoms with Crippen LogP contribution in [-0.2, 0) is 42.3 Å². The summed E-state index contributed by atoms with van der Waals surface area (Å²) >= 11 is -2.64. The molecule has 0 aromatic heterocycles. The molecule has 0 aliphatic rings. The van der Waals surface area contributed by atoms with E-state index in [1.165, 1.54) is 0 Å². The molecule has 0 aliphatic carbocycles. The van der Waals surface area contributed by atoms with E-state index >= 15 is 0 Å². The summed E-state index contributed by atoms with van der Waals surface area (Å²) in [5, 5.41) is 0. The van der Waals surface area contributed by atoms with E-state index in [-0.39, 0.29) is 18.3 Å². The van der Waals surface area contributed by atoms with Crippen LogP contribution in [0.5, 0.6) is 0 Å². The zero-order valence-corrected chi connectivity index (χ0v) is 12.0. The summed E-state index contributed by atoms with van der Waals surface area (Å²) in [6.45, 7) is 11.0. The van der Waals surface area contributed by atoms with Crippen molar-refractivity contribution >= 4 is 0 Å². The third-order valence-corrected chi connectivity index (χ3v) is 1.86. The van der Waals surface area contributed by atoms with Gasteiger partial charge in [-0.2, -0.15) is 0 Å². The second-order valence-corrected chi connectivity index (χ2v) is 5.28. The van der Waals surface area contributed by atoms with Gasteiger partial charge in [-0.15, -0.1) is 0 Å². The fraction of sp³-hybridized carbons (Fsp3) is 1.00. The average molecular weight is 276 g/mol. The molecule has 0 saturated heterocycles. The van der Waals surface area contributed by atoms with Gasteiger partial charge < -0.3 is 0 Å². The van der Waals surface area contributed by atoms with E-state index in [2.05, 4.69) is 0 Å². The van der Waals surface area contributed by atoms with E-state index in [1.807, 2.05) is 41.5 Å². The van der Waals surface area contributed by atoms with Crippen molar-refractivity contribution in [3.63, 3.8) is 0 Å². The first-order chi connectivity index (χ1) is 7.41. The van der Waals surface area contributed by atoms with E-state index in [1.54, 1.807) is 0 Å². The van der Waals surface area contributed by atoms with Gasteiger partial charge in [-0.1, -0.05) is 0 Å². The molecule has 0 heterocycles. The van der Waals surface area contributed by atoms with Crippen molar-refractivity contribution in [1.82, 2.24) is 0 Å². The summed E-state index contributed by atoms with van der Waals surface area (Å²) in [7, 11) is 0. The van der Waals surface area contributed by atoms with Crippen LogP contribution in [0.3, 0.4) is 0 Å². The molecule has 7 heteroatoms. The Morgan fingerprint density at radius 1 is 0.562 bits per heavy atom. The first-order valence-corrected chi connectivity index (χ1v) is 6.93. The predicted molar refractivity (Wildman–Crippen MR) is 51.9 cm³/mol. The Bertz CT molecular complexity index is 136. The molecular weight excluding hydrogens is 255 g/mol. The Kier molecular flexibility index (Phi) is 9.58. The van der Waals surface area contributed by atoms with Gasteiger partial charge in [0, 0.05) is 0 Å². The first kappa shape index (κ1) is 16.3. The van der Waals surface area contributed by atoms with Gasteiger partial charge >= 0.3 is 102 Å². The molecular formula is C9H21O6V. The van der Waals surface area contributed by atoms with Crippen LogP contribution in [0.1, 0.15) is 41.5 Å². The Labute approximate surface area is 103 Å². The molecule has 0 aromatic rings. The van der Waals surface area contributed by atoms with Crippen molar-refractivity contribution in [1.29, 1.82) is 0 Å². The molecule has 0 radical (unpaired) electrons. The normalized spacial score (nSPS) is 12.4. The summed E-state index contributed by atoms with van der Waals surface area (Å²) in [4.78, 5) is 14.8. The van der Waals surface area contributed by atoms with Crippen molar-refractivity contribution < 1.29 is 42.3 Å². The molecule has 0 aliphatic heterocycles. The molecule has 0 bridgehead atoms. The van der Waals surface area contributed by atoms with Crippen LogP contribution in [-0.4, -0.2) is 18.3 Å². The molecule has 0 unspecified atom stereocenters. The Hall–Kier alpha value is 0.344. The fourth-order valence-electron chi connectivity index (χ4n) is 0.401. The van der Waals surface area contributed by atoms with E-state index in [9.17, 15) is 0 Å². The van der Waals surface area contributed by atoms with Crippen LogP contribution in [0, 0.1) is 0 Å². The monoisotopic (exact) mass is 276 g/mol. The minimum absolute atomic E-state index is 0.0813. The zero-order chi connectivity index (χ0) is 12.6. The van der Waals surface area contributed by atoms with E-state index in [0.717, 1.165) is 0 Å². The van der Waals surface area contributed by atoms with Crippen LogP contribution < -0.4 is 0 Å². The molecule has 0 spiro atoms. The SMILES string of the molecule is CC(C)O[O][V]([O]OC(C)C)[O]OC(C)C. The van der Waals surface area contributed by atoms with E-state index < -0.39 is 16.2 Å². The summed E-state index contributed by atoms with van der Waals surface area (Å²) in [6, 6.07) is 0. The van der Waals surface area contributed by atoms with Gasteiger partial charge in [0.1, 0.15) is 0 Å². The van der Waals surface area contributed by atoms with Gasteiger partial charge in [0.15, 0.2) is 0 Å². The molecule has 0 fully saturated rings. The maximum atomic E-state index is 4.96. The molecule has 0 aromatic carbocycles. The molecule has 0 atom stereocenters. The van der Waals surface area contributed by atoms with Crippen LogP contribution in [0.2, 0.25) is 0 Å². The van der Waals surface area contributed by atoms with Crippen molar-refractivity contribution in [3.05, 3.63) is 0 Å². The van der Waals surface area contributed by atoms with Crippen LogP contribution in [0.4, 0.5) is 0 Å². The van der Waals surface area contributed by atoms with Gasteiger partial charge in [-0.05, 0) is 0 Å². The van der Waals surface area contributed by atoms with Crippen molar-refractivity contribution in [2.75, 3.05) is 0 Å². The van der Waals surface area contributed by atoms with Crippen LogP contribution in [0.25, 0.3) is 0 Å². The van der Waals surface area contributed by atoms with Gasteiger partial charge in [-0.3, -0.25) is 0 Å². The number of hydrogen-bond donors (Lipinski definition) is 0. The summed E-state index contributed by atoms with van der Waals surface area (Å²) < 4.78 is 14.9. The molecule has 6 nitrogen and oxygen atoms in total. The zero-order valence-electron chi connectivity index (χ0n) is 10.6. The summed E-state index contributed by atoms with van der Waals surface area (Å²) in [5.74, 6) is 0. The molecule has 16 heavy (non-hydrogen) atoms. The fourth-order valence-corrected chi connectivity index (χ4v) is 1.65. The quantitative estimate of drug-likeness (QED) is 0.476. The third-order valence-electron chi connectivity index (χ3n) is 0.889. The predicted octanol–water partition coefficient (Wildman–Crippen LogP) is 2.42. The third kappa shape index (κ3) is 10.8.